The predicted octanol–water partition coefficient (Wildman–Crippen LogP) is 3.68. The largest absolute Gasteiger partial charge is 0.352 e. The molecule has 7 heteroatoms. The number of benzene rings is 2. The standard InChI is InChI=1S/C28H34N4O3/c1-28-15-14-26(34)32(28)24-12-5-4-11-23(24)27(35)31(28)18-8-13-25(33)29-19-21-9-2-3-10-22(21)20-30-16-6-7-17-30/h2-5,9-12H,6-8,13-20H2,1H3,(H,29,33)/t28-/m1/s1. The van der Waals surface area contributed by atoms with Crippen LogP contribution in [0.5, 0.6) is 0 Å². The minimum Gasteiger partial charge on any atom is -0.352 e. The minimum absolute atomic E-state index is 0.0182. The fourth-order valence-corrected chi connectivity index (χ4v) is 5.79. The van der Waals surface area contributed by atoms with E-state index in [1.807, 2.05) is 31.2 Å². The van der Waals surface area contributed by atoms with Gasteiger partial charge in [0, 0.05) is 32.5 Å². The number of carbonyl (C=O) groups excluding carboxylic acids is 3. The quantitative estimate of drug-likeness (QED) is 0.634. The molecule has 7 nitrogen and oxygen atoms in total. The number of hydrogen-bond donors (Lipinski definition) is 1. The third-order valence-corrected chi connectivity index (χ3v) is 7.72. The van der Waals surface area contributed by atoms with Crippen molar-refractivity contribution in [2.75, 3.05) is 24.5 Å². The fourth-order valence-electron chi connectivity index (χ4n) is 5.79. The molecule has 3 heterocycles. The molecule has 3 amide bonds. The number of carbonyl (C=O) groups is 3. The summed E-state index contributed by atoms with van der Waals surface area (Å²) >= 11 is 0. The van der Waals surface area contributed by atoms with E-state index >= 15 is 0 Å². The zero-order valence-electron chi connectivity index (χ0n) is 20.5. The van der Waals surface area contributed by atoms with Crippen molar-refractivity contribution < 1.29 is 14.4 Å². The molecule has 0 spiro atoms. The second-order valence-corrected chi connectivity index (χ2v) is 10.1. The van der Waals surface area contributed by atoms with Crippen LogP contribution in [0.1, 0.15) is 66.9 Å². The van der Waals surface area contributed by atoms with Gasteiger partial charge in [-0.15, -0.1) is 0 Å². The Balaban J connectivity index is 1.18. The first kappa shape index (κ1) is 23.5. The highest BCUT2D eigenvalue weighted by molar-refractivity contribution is 6.10. The summed E-state index contributed by atoms with van der Waals surface area (Å²) in [6, 6.07) is 15.6. The molecule has 3 aliphatic heterocycles. The molecule has 2 saturated heterocycles. The van der Waals surface area contributed by atoms with Crippen molar-refractivity contribution in [2.45, 2.75) is 64.2 Å². The molecule has 3 aliphatic rings. The third kappa shape index (κ3) is 4.57. The van der Waals surface area contributed by atoms with E-state index in [0.29, 0.717) is 50.0 Å². The first-order valence-corrected chi connectivity index (χ1v) is 12.8. The summed E-state index contributed by atoms with van der Waals surface area (Å²) in [6.07, 6.45) is 4.43. The van der Waals surface area contributed by atoms with Crippen LogP contribution < -0.4 is 10.2 Å². The van der Waals surface area contributed by atoms with E-state index in [2.05, 4.69) is 28.4 Å². The molecular weight excluding hydrogens is 440 g/mol. The van der Waals surface area contributed by atoms with E-state index in [0.717, 1.165) is 25.2 Å². The third-order valence-electron chi connectivity index (χ3n) is 7.72. The molecule has 0 aliphatic carbocycles. The summed E-state index contributed by atoms with van der Waals surface area (Å²) in [5, 5.41) is 3.07. The number of amides is 3. The van der Waals surface area contributed by atoms with E-state index in [4.69, 9.17) is 0 Å². The first-order chi connectivity index (χ1) is 17.0. The van der Waals surface area contributed by atoms with E-state index in [1.165, 1.54) is 18.4 Å². The average Bonchev–Trinajstić information content (AvgIpc) is 3.48. The van der Waals surface area contributed by atoms with E-state index in [9.17, 15) is 14.4 Å². The molecule has 1 atom stereocenters. The van der Waals surface area contributed by atoms with E-state index in [-0.39, 0.29) is 17.7 Å². The van der Waals surface area contributed by atoms with Gasteiger partial charge in [-0.1, -0.05) is 36.4 Å². The molecule has 0 bridgehead atoms. The van der Waals surface area contributed by atoms with Gasteiger partial charge in [-0.25, -0.2) is 0 Å². The first-order valence-electron chi connectivity index (χ1n) is 12.8. The van der Waals surface area contributed by atoms with Gasteiger partial charge in [0.25, 0.3) is 5.91 Å². The molecule has 2 aromatic carbocycles. The Labute approximate surface area is 207 Å². The summed E-state index contributed by atoms with van der Waals surface area (Å²) in [5.41, 5.74) is 3.01. The highest BCUT2D eigenvalue weighted by atomic mass is 16.2. The van der Waals surface area contributed by atoms with Crippen LogP contribution >= 0.6 is 0 Å². The molecule has 0 radical (unpaired) electrons. The normalized spacial score (nSPS) is 21.9. The number of fused-ring (bicyclic) bond motifs is 3. The van der Waals surface area contributed by atoms with Crippen molar-refractivity contribution in [1.82, 2.24) is 15.1 Å². The van der Waals surface area contributed by atoms with Crippen LogP contribution in [0.2, 0.25) is 0 Å². The zero-order chi connectivity index (χ0) is 24.4. The summed E-state index contributed by atoms with van der Waals surface area (Å²) in [4.78, 5) is 44.7. The smallest absolute Gasteiger partial charge is 0.257 e. The van der Waals surface area contributed by atoms with Crippen LogP contribution in [0.4, 0.5) is 5.69 Å². The van der Waals surface area contributed by atoms with Gasteiger partial charge in [0.1, 0.15) is 5.66 Å². The van der Waals surface area contributed by atoms with Crippen molar-refractivity contribution in [3.8, 4) is 0 Å². The van der Waals surface area contributed by atoms with Gasteiger partial charge in [-0.3, -0.25) is 24.2 Å². The van der Waals surface area contributed by atoms with Crippen molar-refractivity contribution in [2.24, 2.45) is 0 Å². The van der Waals surface area contributed by atoms with Gasteiger partial charge < -0.3 is 10.2 Å². The number of rotatable bonds is 8. The van der Waals surface area contributed by atoms with Gasteiger partial charge >= 0.3 is 0 Å². The number of likely N-dealkylation sites (tertiary alicyclic amines) is 1. The van der Waals surface area contributed by atoms with Crippen molar-refractivity contribution >= 4 is 23.4 Å². The number of hydrogen-bond acceptors (Lipinski definition) is 4. The van der Waals surface area contributed by atoms with Crippen molar-refractivity contribution in [1.29, 1.82) is 0 Å². The number of anilines is 1. The molecule has 2 aromatic rings. The highest BCUT2D eigenvalue weighted by Crippen LogP contribution is 2.44. The fraction of sp³-hybridized carbons (Fsp3) is 0.464. The summed E-state index contributed by atoms with van der Waals surface area (Å²) < 4.78 is 0. The van der Waals surface area contributed by atoms with Gasteiger partial charge in [-0.05, 0) is 69.0 Å². The SMILES string of the molecule is C[C@]12CCC(=O)N1c1ccccc1C(=O)N2CCCC(=O)NCc1ccccc1CN1CCCC1. The van der Waals surface area contributed by atoms with Crippen LogP contribution in [0.25, 0.3) is 0 Å². The second kappa shape index (κ2) is 9.82. The van der Waals surface area contributed by atoms with Gasteiger partial charge in [0.2, 0.25) is 11.8 Å². The van der Waals surface area contributed by atoms with Gasteiger partial charge in [-0.2, -0.15) is 0 Å². The minimum atomic E-state index is -0.673. The average molecular weight is 475 g/mol. The Morgan fingerprint density at radius 3 is 2.51 bits per heavy atom. The number of nitrogens with one attached hydrogen (secondary N) is 1. The molecule has 1 N–H and O–H groups in total. The monoisotopic (exact) mass is 474 g/mol. The maximum Gasteiger partial charge on any atom is 0.257 e. The molecule has 35 heavy (non-hydrogen) atoms. The molecule has 2 fully saturated rings. The maximum atomic E-state index is 13.3. The molecule has 0 aromatic heterocycles. The lowest BCUT2D eigenvalue weighted by molar-refractivity contribution is -0.121. The van der Waals surface area contributed by atoms with Crippen molar-refractivity contribution in [3.05, 3.63) is 65.2 Å². The Morgan fingerprint density at radius 1 is 1.00 bits per heavy atom. The predicted molar refractivity (Wildman–Crippen MR) is 135 cm³/mol. The molecular formula is C28H34N4O3. The maximum absolute atomic E-state index is 13.3. The zero-order valence-corrected chi connectivity index (χ0v) is 20.5. The van der Waals surface area contributed by atoms with E-state index < -0.39 is 5.66 Å². The Kier molecular flexibility index (Phi) is 6.60. The lowest BCUT2D eigenvalue weighted by atomic mass is 9.98. The van der Waals surface area contributed by atoms with Crippen LogP contribution in [0.3, 0.4) is 0 Å². The van der Waals surface area contributed by atoms with Crippen LogP contribution in [0.15, 0.2) is 48.5 Å². The Morgan fingerprint density at radius 2 is 1.71 bits per heavy atom. The molecule has 0 saturated carbocycles. The summed E-state index contributed by atoms with van der Waals surface area (Å²) in [6.45, 7) is 6.12. The van der Waals surface area contributed by atoms with E-state index in [1.54, 1.807) is 15.9 Å². The number of nitrogens with zero attached hydrogens (tertiary/aromatic N) is 3. The molecule has 184 valence electrons. The second-order valence-electron chi connectivity index (χ2n) is 10.1. The topological polar surface area (TPSA) is 73.0 Å². The Hall–Kier alpha value is -3.19. The molecule has 0 unspecified atom stereocenters. The molecule has 5 rings (SSSR count). The van der Waals surface area contributed by atoms with Crippen LogP contribution in [0, 0.1) is 0 Å². The van der Waals surface area contributed by atoms with Crippen molar-refractivity contribution in [3.63, 3.8) is 0 Å². The summed E-state index contributed by atoms with van der Waals surface area (Å²) in [5.74, 6) is -0.0385. The number of para-hydroxylation sites is 1. The summed E-state index contributed by atoms with van der Waals surface area (Å²) in [7, 11) is 0. The Bertz CT molecular complexity index is 1130. The van der Waals surface area contributed by atoms with Crippen LogP contribution in [-0.4, -0.2) is 52.8 Å². The van der Waals surface area contributed by atoms with Crippen LogP contribution in [-0.2, 0) is 22.7 Å². The highest BCUT2D eigenvalue weighted by Gasteiger charge is 2.52. The lowest BCUT2D eigenvalue weighted by Crippen LogP contribution is -2.62. The van der Waals surface area contributed by atoms with Gasteiger partial charge in [0.15, 0.2) is 0 Å². The van der Waals surface area contributed by atoms with Gasteiger partial charge in [0.05, 0.1) is 11.3 Å². The lowest BCUT2D eigenvalue weighted by Gasteiger charge is -2.48.